The maximum atomic E-state index is 12.6. The maximum absolute atomic E-state index is 12.6. The average molecular weight is 502 g/mol. The van der Waals surface area contributed by atoms with Gasteiger partial charge < -0.3 is 10.1 Å². The fraction of sp³-hybridized carbons (Fsp3) is 0.375. The number of benzene rings is 2. The Labute approximate surface area is 196 Å². The summed E-state index contributed by atoms with van der Waals surface area (Å²) in [5.41, 5.74) is 6.13. The molecule has 8 heteroatoms. The lowest BCUT2D eigenvalue weighted by Crippen LogP contribution is -2.41. The summed E-state index contributed by atoms with van der Waals surface area (Å²) in [5.74, 6) is -0.448. The first-order valence-electron chi connectivity index (χ1n) is 10.8. The molecule has 2 aromatic rings. The van der Waals surface area contributed by atoms with Gasteiger partial charge in [0.1, 0.15) is 5.75 Å². The molecule has 0 atom stereocenters. The van der Waals surface area contributed by atoms with Crippen molar-refractivity contribution < 1.29 is 19.1 Å². The number of carbonyl (C=O) groups excluding carboxylic acids is 3. The van der Waals surface area contributed by atoms with Gasteiger partial charge in [-0.15, -0.1) is 0 Å². The van der Waals surface area contributed by atoms with Crippen LogP contribution < -0.4 is 20.9 Å². The predicted octanol–water partition coefficient (Wildman–Crippen LogP) is 4.83. The Morgan fingerprint density at radius 2 is 1.59 bits per heavy atom. The third-order valence-corrected chi connectivity index (χ3v) is 5.72. The van der Waals surface area contributed by atoms with Crippen molar-refractivity contribution in [3.8, 4) is 5.75 Å². The van der Waals surface area contributed by atoms with E-state index in [9.17, 15) is 14.4 Å². The summed E-state index contributed by atoms with van der Waals surface area (Å²) in [4.78, 5) is 37.4. The SMILES string of the molecule is CC(C)Oc1ccc(Br)cc1C(=O)NNC(=O)c1ccc(NC(=O)C2CCCCC2)cc1. The molecule has 1 aliphatic rings. The zero-order chi connectivity index (χ0) is 23.1. The molecule has 3 amide bonds. The van der Waals surface area contributed by atoms with E-state index in [1.165, 1.54) is 6.42 Å². The molecule has 7 nitrogen and oxygen atoms in total. The van der Waals surface area contributed by atoms with Crippen molar-refractivity contribution >= 4 is 39.3 Å². The van der Waals surface area contributed by atoms with Gasteiger partial charge in [-0.3, -0.25) is 25.2 Å². The molecule has 3 N–H and O–H groups in total. The van der Waals surface area contributed by atoms with Gasteiger partial charge >= 0.3 is 0 Å². The molecule has 0 saturated heterocycles. The minimum absolute atomic E-state index is 0.0302. The maximum Gasteiger partial charge on any atom is 0.273 e. The van der Waals surface area contributed by atoms with Gasteiger partial charge in [0.25, 0.3) is 11.8 Å². The van der Waals surface area contributed by atoms with Crippen LogP contribution in [0.25, 0.3) is 0 Å². The molecule has 0 unspecified atom stereocenters. The Hall–Kier alpha value is -2.87. The van der Waals surface area contributed by atoms with Crippen LogP contribution in [0.4, 0.5) is 5.69 Å². The Balaban J connectivity index is 1.56. The molecule has 1 saturated carbocycles. The van der Waals surface area contributed by atoms with Crippen molar-refractivity contribution in [3.63, 3.8) is 0 Å². The second-order valence-electron chi connectivity index (χ2n) is 8.12. The van der Waals surface area contributed by atoms with Crippen LogP contribution >= 0.6 is 15.9 Å². The van der Waals surface area contributed by atoms with Gasteiger partial charge in [-0.1, -0.05) is 35.2 Å². The summed E-state index contributed by atoms with van der Waals surface area (Å²) >= 11 is 3.34. The molecule has 3 rings (SSSR count). The second-order valence-corrected chi connectivity index (χ2v) is 9.03. The van der Waals surface area contributed by atoms with Crippen LogP contribution in [0.5, 0.6) is 5.75 Å². The highest BCUT2D eigenvalue weighted by Crippen LogP contribution is 2.25. The quantitative estimate of drug-likeness (QED) is 0.493. The summed E-state index contributed by atoms with van der Waals surface area (Å²) < 4.78 is 6.39. The molecule has 0 radical (unpaired) electrons. The number of rotatable bonds is 6. The fourth-order valence-corrected chi connectivity index (χ4v) is 3.96. The monoisotopic (exact) mass is 501 g/mol. The number of ether oxygens (including phenoxy) is 1. The minimum atomic E-state index is -0.494. The van der Waals surface area contributed by atoms with E-state index in [2.05, 4.69) is 32.1 Å². The lowest BCUT2D eigenvalue weighted by atomic mass is 9.88. The molecule has 0 spiro atoms. The summed E-state index contributed by atoms with van der Waals surface area (Å²) in [6.07, 6.45) is 5.12. The molecule has 1 aliphatic carbocycles. The molecule has 0 bridgehead atoms. The number of hydrazine groups is 1. The third kappa shape index (κ3) is 6.56. The molecule has 32 heavy (non-hydrogen) atoms. The third-order valence-electron chi connectivity index (χ3n) is 5.23. The molecular formula is C24H28BrN3O4. The number of halogens is 1. The molecule has 0 heterocycles. The fourth-order valence-electron chi connectivity index (χ4n) is 3.60. The van der Waals surface area contributed by atoms with Crippen molar-refractivity contribution in [1.29, 1.82) is 0 Å². The highest BCUT2D eigenvalue weighted by Gasteiger charge is 2.21. The van der Waals surface area contributed by atoms with E-state index >= 15 is 0 Å². The smallest absolute Gasteiger partial charge is 0.273 e. The molecule has 170 valence electrons. The van der Waals surface area contributed by atoms with Crippen LogP contribution in [0, 0.1) is 5.92 Å². The van der Waals surface area contributed by atoms with Gasteiger partial charge in [0.05, 0.1) is 11.7 Å². The standard InChI is InChI=1S/C24H28BrN3O4/c1-15(2)32-21-13-10-18(25)14-20(21)24(31)28-27-23(30)17-8-11-19(12-9-17)26-22(29)16-6-4-3-5-7-16/h8-16H,3-7H2,1-2H3,(H,26,29)(H,27,30)(H,28,31). The van der Waals surface area contributed by atoms with Crippen molar-refractivity contribution in [1.82, 2.24) is 10.9 Å². The molecule has 0 aromatic heterocycles. The first-order valence-corrected chi connectivity index (χ1v) is 11.6. The average Bonchev–Trinajstić information content (AvgIpc) is 2.79. The number of hydrogen-bond acceptors (Lipinski definition) is 4. The number of anilines is 1. The molecule has 2 aromatic carbocycles. The Kier molecular flexibility index (Phi) is 8.27. The number of nitrogens with one attached hydrogen (secondary N) is 3. The molecule has 0 aliphatic heterocycles. The number of hydrogen-bond donors (Lipinski definition) is 3. The van der Waals surface area contributed by atoms with E-state index in [0.717, 1.165) is 30.2 Å². The number of amides is 3. The van der Waals surface area contributed by atoms with Crippen LogP contribution in [0.1, 0.15) is 66.7 Å². The summed E-state index contributed by atoms with van der Waals surface area (Å²) in [6, 6.07) is 11.7. The van der Waals surface area contributed by atoms with Crippen LogP contribution in [0.15, 0.2) is 46.9 Å². The van der Waals surface area contributed by atoms with E-state index in [4.69, 9.17) is 4.74 Å². The van der Waals surface area contributed by atoms with Crippen LogP contribution in [0.3, 0.4) is 0 Å². The lowest BCUT2D eigenvalue weighted by molar-refractivity contribution is -0.120. The van der Waals surface area contributed by atoms with Gasteiger partial charge in [-0.05, 0) is 69.2 Å². The van der Waals surface area contributed by atoms with Crippen molar-refractivity contribution in [2.45, 2.75) is 52.1 Å². The van der Waals surface area contributed by atoms with Gasteiger partial charge in [0, 0.05) is 21.6 Å². The van der Waals surface area contributed by atoms with Gasteiger partial charge in [-0.25, -0.2) is 0 Å². The Morgan fingerprint density at radius 3 is 2.25 bits per heavy atom. The summed E-state index contributed by atoms with van der Waals surface area (Å²) in [6.45, 7) is 3.74. The first-order chi connectivity index (χ1) is 15.3. The summed E-state index contributed by atoms with van der Waals surface area (Å²) in [7, 11) is 0. The summed E-state index contributed by atoms with van der Waals surface area (Å²) in [5, 5.41) is 2.92. The highest BCUT2D eigenvalue weighted by atomic mass is 79.9. The Morgan fingerprint density at radius 1 is 0.938 bits per heavy atom. The number of carbonyl (C=O) groups is 3. The normalized spacial score (nSPS) is 14.0. The van der Waals surface area contributed by atoms with E-state index in [1.54, 1.807) is 42.5 Å². The topological polar surface area (TPSA) is 96.5 Å². The van der Waals surface area contributed by atoms with Crippen LogP contribution in [-0.4, -0.2) is 23.8 Å². The van der Waals surface area contributed by atoms with Crippen LogP contribution in [0.2, 0.25) is 0 Å². The van der Waals surface area contributed by atoms with Gasteiger partial charge in [0.15, 0.2) is 0 Å². The van der Waals surface area contributed by atoms with E-state index in [0.29, 0.717) is 22.6 Å². The van der Waals surface area contributed by atoms with E-state index in [1.807, 2.05) is 13.8 Å². The Bertz CT molecular complexity index is 970. The minimum Gasteiger partial charge on any atom is -0.490 e. The first kappa shape index (κ1) is 23.8. The molecular weight excluding hydrogens is 474 g/mol. The van der Waals surface area contributed by atoms with E-state index < -0.39 is 11.8 Å². The highest BCUT2D eigenvalue weighted by molar-refractivity contribution is 9.10. The van der Waals surface area contributed by atoms with Crippen molar-refractivity contribution in [2.75, 3.05) is 5.32 Å². The van der Waals surface area contributed by atoms with Gasteiger partial charge in [-0.2, -0.15) is 0 Å². The lowest BCUT2D eigenvalue weighted by Gasteiger charge is -2.20. The van der Waals surface area contributed by atoms with E-state index in [-0.39, 0.29) is 17.9 Å². The van der Waals surface area contributed by atoms with Crippen LogP contribution in [-0.2, 0) is 4.79 Å². The predicted molar refractivity (Wildman–Crippen MR) is 126 cm³/mol. The van der Waals surface area contributed by atoms with Crippen molar-refractivity contribution in [2.24, 2.45) is 5.92 Å². The zero-order valence-corrected chi connectivity index (χ0v) is 19.8. The zero-order valence-electron chi connectivity index (χ0n) is 18.2. The van der Waals surface area contributed by atoms with Crippen molar-refractivity contribution in [3.05, 3.63) is 58.1 Å². The second kappa shape index (κ2) is 11.1. The molecule has 1 fully saturated rings. The van der Waals surface area contributed by atoms with Gasteiger partial charge in [0.2, 0.25) is 5.91 Å². The largest absolute Gasteiger partial charge is 0.490 e.